The van der Waals surface area contributed by atoms with Crippen molar-refractivity contribution in [2.45, 2.75) is 65.2 Å². The van der Waals surface area contributed by atoms with Crippen LogP contribution in [-0.4, -0.2) is 24.7 Å². The molecule has 0 unspecified atom stereocenters. The van der Waals surface area contributed by atoms with Gasteiger partial charge >= 0.3 is 0 Å². The molecule has 0 saturated heterocycles. The zero-order chi connectivity index (χ0) is 21.2. The Morgan fingerprint density at radius 1 is 1.24 bits per heavy atom. The molecule has 2 aromatic rings. The zero-order valence-corrected chi connectivity index (χ0v) is 18.2. The van der Waals surface area contributed by atoms with Crippen LogP contribution in [0.5, 0.6) is 17.2 Å². The Kier molecular flexibility index (Phi) is 6.06. The Morgan fingerprint density at radius 3 is 2.69 bits per heavy atom. The van der Waals surface area contributed by atoms with Crippen LogP contribution in [-0.2, 0) is 4.79 Å². The van der Waals surface area contributed by atoms with Crippen LogP contribution in [0.1, 0.15) is 56.3 Å². The maximum atomic E-state index is 13.1. The highest BCUT2D eigenvalue weighted by atomic mass is 16.5. The van der Waals surface area contributed by atoms with Gasteiger partial charge in [-0.3, -0.25) is 4.79 Å². The standard InChI is InChI=1S/C24H31NO4/c1-7-20(28-22-12-15(2)8-9-16(22)3)23(26)25-19-14-24(4,5)29-21-11-10-17(27-6)13-18(19)21/h8-13,19-20H,7,14H2,1-6H3,(H,25,26)/t19-,20+/m1/s1. The molecule has 0 radical (unpaired) electrons. The van der Waals surface area contributed by atoms with Crippen molar-refractivity contribution < 1.29 is 19.0 Å². The summed E-state index contributed by atoms with van der Waals surface area (Å²) in [6.07, 6.45) is 0.686. The lowest BCUT2D eigenvalue weighted by Gasteiger charge is -2.38. The number of nitrogens with one attached hydrogen (secondary N) is 1. The average Bonchev–Trinajstić information content (AvgIpc) is 2.67. The molecule has 0 bridgehead atoms. The SMILES string of the molecule is CC[C@H](Oc1cc(C)ccc1C)C(=O)N[C@@H]1CC(C)(C)Oc2ccc(OC)cc21. The molecule has 1 amide bonds. The third kappa shape index (κ3) is 4.84. The average molecular weight is 398 g/mol. The van der Waals surface area contributed by atoms with E-state index in [1.807, 2.05) is 71.0 Å². The summed E-state index contributed by atoms with van der Waals surface area (Å²) in [6, 6.07) is 11.6. The first-order chi connectivity index (χ1) is 13.7. The number of carbonyl (C=O) groups is 1. The summed E-state index contributed by atoms with van der Waals surface area (Å²) in [4.78, 5) is 13.1. The zero-order valence-electron chi connectivity index (χ0n) is 18.2. The number of aryl methyl sites for hydroxylation is 2. The molecule has 3 rings (SSSR count). The fourth-order valence-corrected chi connectivity index (χ4v) is 3.66. The van der Waals surface area contributed by atoms with Gasteiger partial charge in [-0.15, -0.1) is 0 Å². The quantitative estimate of drug-likeness (QED) is 0.754. The van der Waals surface area contributed by atoms with Crippen LogP contribution in [0.2, 0.25) is 0 Å². The van der Waals surface area contributed by atoms with Gasteiger partial charge in [-0.05, 0) is 69.5 Å². The predicted molar refractivity (Wildman–Crippen MR) is 114 cm³/mol. The number of rotatable bonds is 6. The van der Waals surface area contributed by atoms with E-state index in [2.05, 4.69) is 5.32 Å². The minimum absolute atomic E-state index is 0.120. The predicted octanol–water partition coefficient (Wildman–Crippen LogP) is 4.89. The number of methoxy groups -OCH3 is 1. The topological polar surface area (TPSA) is 56.8 Å². The van der Waals surface area contributed by atoms with E-state index in [0.29, 0.717) is 12.8 Å². The van der Waals surface area contributed by atoms with Crippen LogP contribution in [0.3, 0.4) is 0 Å². The minimum Gasteiger partial charge on any atom is -0.497 e. The molecule has 1 aliphatic heterocycles. The molecule has 0 aromatic heterocycles. The molecule has 29 heavy (non-hydrogen) atoms. The number of amides is 1. The van der Waals surface area contributed by atoms with E-state index in [-0.39, 0.29) is 17.6 Å². The van der Waals surface area contributed by atoms with Crippen molar-refractivity contribution in [3.63, 3.8) is 0 Å². The molecule has 0 aliphatic carbocycles. The van der Waals surface area contributed by atoms with Crippen molar-refractivity contribution in [2.24, 2.45) is 0 Å². The second kappa shape index (κ2) is 8.36. The molecular formula is C24H31NO4. The third-order valence-electron chi connectivity index (χ3n) is 5.27. The van der Waals surface area contributed by atoms with Crippen molar-refractivity contribution in [3.8, 4) is 17.2 Å². The lowest BCUT2D eigenvalue weighted by Crippen LogP contribution is -2.45. The monoisotopic (exact) mass is 397 g/mol. The van der Waals surface area contributed by atoms with Crippen LogP contribution >= 0.6 is 0 Å². The summed E-state index contributed by atoms with van der Waals surface area (Å²) in [6.45, 7) is 10.0. The number of carbonyl (C=O) groups excluding carboxylic acids is 1. The summed E-state index contributed by atoms with van der Waals surface area (Å²) in [5.41, 5.74) is 2.67. The first-order valence-corrected chi connectivity index (χ1v) is 10.1. The molecule has 1 aliphatic rings. The summed E-state index contributed by atoms with van der Waals surface area (Å²) in [5.74, 6) is 2.15. The maximum Gasteiger partial charge on any atom is 0.261 e. The summed E-state index contributed by atoms with van der Waals surface area (Å²) in [7, 11) is 1.63. The summed E-state index contributed by atoms with van der Waals surface area (Å²) in [5, 5.41) is 3.19. The molecule has 5 heteroatoms. The van der Waals surface area contributed by atoms with Gasteiger partial charge in [-0.1, -0.05) is 19.1 Å². The van der Waals surface area contributed by atoms with Crippen molar-refractivity contribution in [3.05, 3.63) is 53.1 Å². The number of ether oxygens (including phenoxy) is 3. The molecule has 156 valence electrons. The molecule has 2 aromatic carbocycles. The van der Waals surface area contributed by atoms with Crippen molar-refractivity contribution in [2.75, 3.05) is 7.11 Å². The second-order valence-corrected chi connectivity index (χ2v) is 8.31. The van der Waals surface area contributed by atoms with Gasteiger partial charge in [0.1, 0.15) is 22.8 Å². The fourth-order valence-electron chi connectivity index (χ4n) is 3.66. The van der Waals surface area contributed by atoms with Crippen molar-refractivity contribution in [1.29, 1.82) is 0 Å². The molecule has 5 nitrogen and oxygen atoms in total. The van der Waals surface area contributed by atoms with E-state index >= 15 is 0 Å². The molecule has 0 spiro atoms. The van der Waals surface area contributed by atoms with E-state index in [1.165, 1.54) is 0 Å². The molecule has 0 saturated carbocycles. The number of hydrogen-bond donors (Lipinski definition) is 1. The van der Waals surface area contributed by atoms with E-state index in [4.69, 9.17) is 14.2 Å². The van der Waals surface area contributed by atoms with Gasteiger partial charge in [-0.25, -0.2) is 0 Å². The first-order valence-electron chi connectivity index (χ1n) is 10.1. The highest BCUT2D eigenvalue weighted by Gasteiger charge is 2.36. The van der Waals surface area contributed by atoms with Gasteiger partial charge in [-0.2, -0.15) is 0 Å². The van der Waals surface area contributed by atoms with Gasteiger partial charge in [0.15, 0.2) is 6.10 Å². The normalized spacial score (nSPS) is 18.2. The maximum absolute atomic E-state index is 13.1. The number of fused-ring (bicyclic) bond motifs is 1. The van der Waals surface area contributed by atoms with Crippen LogP contribution in [0, 0.1) is 13.8 Å². The Bertz CT molecular complexity index is 890. The first kappa shape index (κ1) is 21.0. The molecular weight excluding hydrogens is 366 g/mol. The number of hydrogen-bond acceptors (Lipinski definition) is 4. The summed E-state index contributed by atoms with van der Waals surface area (Å²) >= 11 is 0. The van der Waals surface area contributed by atoms with Gasteiger partial charge in [0, 0.05) is 12.0 Å². The van der Waals surface area contributed by atoms with Gasteiger partial charge in [0.25, 0.3) is 5.91 Å². The molecule has 1 N–H and O–H groups in total. The van der Waals surface area contributed by atoms with Crippen LogP contribution in [0.4, 0.5) is 0 Å². The van der Waals surface area contributed by atoms with E-state index in [0.717, 1.165) is 33.9 Å². The van der Waals surface area contributed by atoms with E-state index < -0.39 is 6.10 Å². The van der Waals surface area contributed by atoms with Gasteiger partial charge in [0.05, 0.1) is 13.2 Å². The lowest BCUT2D eigenvalue weighted by molar-refractivity contribution is -0.129. The molecule has 0 fully saturated rings. The van der Waals surface area contributed by atoms with Gasteiger partial charge in [0.2, 0.25) is 0 Å². The smallest absolute Gasteiger partial charge is 0.261 e. The summed E-state index contributed by atoms with van der Waals surface area (Å²) < 4.78 is 17.6. The highest BCUT2D eigenvalue weighted by molar-refractivity contribution is 5.81. The van der Waals surface area contributed by atoms with E-state index in [1.54, 1.807) is 7.11 Å². The Hall–Kier alpha value is -2.69. The lowest BCUT2D eigenvalue weighted by atomic mass is 9.89. The minimum atomic E-state index is -0.560. The second-order valence-electron chi connectivity index (χ2n) is 8.31. The van der Waals surface area contributed by atoms with Gasteiger partial charge < -0.3 is 19.5 Å². The molecule has 2 atom stereocenters. The Morgan fingerprint density at radius 2 is 2.00 bits per heavy atom. The van der Waals surface area contributed by atoms with E-state index in [9.17, 15) is 4.79 Å². The highest BCUT2D eigenvalue weighted by Crippen LogP contribution is 2.41. The van der Waals surface area contributed by atoms with Crippen LogP contribution in [0.25, 0.3) is 0 Å². The van der Waals surface area contributed by atoms with Crippen molar-refractivity contribution in [1.82, 2.24) is 5.32 Å². The Labute approximate surface area is 173 Å². The molecule has 1 heterocycles. The third-order valence-corrected chi connectivity index (χ3v) is 5.27. The van der Waals surface area contributed by atoms with Crippen molar-refractivity contribution >= 4 is 5.91 Å². The van der Waals surface area contributed by atoms with Crippen LogP contribution in [0.15, 0.2) is 36.4 Å². The van der Waals surface area contributed by atoms with Crippen LogP contribution < -0.4 is 19.5 Å². The largest absolute Gasteiger partial charge is 0.497 e. The number of benzene rings is 2. The fraction of sp³-hybridized carbons (Fsp3) is 0.458. The Balaban J connectivity index is 1.82.